The number of aromatic amines is 1. The highest BCUT2D eigenvalue weighted by molar-refractivity contribution is 7.19. The van der Waals surface area contributed by atoms with E-state index in [4.69, 9.17) is 14.7 Å². The number of piperidine rings is 1. The topological polar surface area (TPSA) is 88.0 Å². The average molecular weight is 541 g/mol. The highest BCUT2D eigenvalue weighted by atomic mass is 32.1. The normalized spacial score (nSPS) is 21.9. The van der Waals surface area contributed by atoms with Gasteiger partial charge >= 0.3 is 0 Å². The summed E-state index contributed by atoms with van der Waals surface area (Å²) in [5.74, 6) is 4.74. The fourth-order valence-electron chi connectivity index (χ4n) is 6.84. The van der Waals surface area contributed by atoms with Gasteiger partial charge in [0.2, 0.25) is 0 Å². The Bertz CT molecular complexity index is 1660. The second kappa shape index (κ2) is 9.39. The van der Waals surface area contributed by atoms with Crippen LogP contribution in [0.2, 0.25) is 0 Å². The van der Waals surface area contributed by atoms with E-state index in [1.165, 1.54) is 21.8 Å². The van der Waals surface area contributed by atoms with Crippen molar-refractivity contribution in [1.29, 1.82) is 0 Å². The smallest absolute Gasteiger partial charge is 0.162 e. The van der Waals surface area contributed by atoms with E-state index in [9.17, 15) is 0 Å². The van der Waals surface area contributed by atoms with Gasteiger partial charge in [-0.3, -0.25) is 4.90 Å². The average Bonchev–Trinajstić information content (AvgIpc) is 3.71. The summed E-state index contributed by atoms with van der Waals surface area (Å²) in [5, 5.41) is 9.94. The zero-order valence-electron chi connectivity index (χ0n) is 22.1. The first-order valence-electron chi connectivity index (χ1n) is 14.0. The zero-order valence-corrected chi connectivity index (χ0v) is 23.0. The summed E-state index contributed by atoms with van der Waals surface area (Å²) in [6.45, 7) is 8.45. The third kappa shape index (κ3) is 4.04. The first-order chi connectivity index (χ1) is 19.2. The number of rotatable bonds is 4. The van der Waals surface area contributed by atoms with Gasteiger partial charge in [-0.25, -0.2) is 9.97 Å². The molecule has 0 radical (unpaired) electrons. The molecular weight excluding hydrogens is 508 g/mol. The van der Waals surface area contributed by atoms with Crippen LogP contribution in [0.25, 0.3) is 32.5 Å². The van der Waals surface area contributed by atoms with Gasteiger partial charge in [-0.05, 0) is 43.9 Å². The number of ether oxygens (including phenoxy) is 1. The van der Waals surface area contributed by atoms with Gasteiger partial charge in [0.15, 0.2) is 11.6 Å². The van der Waals surface area contributed by atoms with Crippen LogP contribution in [0.3, 0.4) is 0 Å². The molecule has 4 aromatic heterocycles. The van der Waals surface area contributed by atoms with Gasteiger partial charge in [0.1, 0.15) is 11.6 Å². The first-order valence-corrected chi connectivity index (χ1v) is 14.9. The van der Waals surface area contributed by atoms with Crippen LogP contribution < -0.4 is 4.90 Å². The fourth-order valence-corrected chi connectivity index (χ4v) is 8.00. The van der Waals surface area contributed by atoms with Crippen molar-refractivity contribution in [3.8, 4) is 11.4 Å². The maximum atomic E-state index is 5.67. The number of nitrogens with zero attached hydrogens (tertiary/aromatic N) is 7. The summed E-state index contributed by atoms with van der Waals surface area (Å²) in [6.07, 6.45) is 5.38. The number of thiophene rings is 1. The minimum Gasteiger partial charge on any atom is -0.378 e. The predicted octanol–water partition coefficient (Wildman–Crippen LogP) is 4.59. The van der Waals surface area contributed by atoms with Crippen molar-refractivity contribution in [3.63, 3.8) is 0 Å². The molecule has 0 saturated carbocycles. The minimum atomic E-state index is 0.542. The summed E-state index contributed by atoms with van der Waals surface area (Å²) < 4.78 is 9.27. The highest BCUT2D eigenvalue weighted by Crippen LogP contribution is 2.39. The van der Waals surface area contributed by atoms with Crippen molar-refractivity contribution < 1.29 is 4.74 Å². The highest BCUT2D eigenvalue weighted by Gasteiger charge is 2.36. The lowest BCUT2D eigenvalue weighted by Gasteiger charge is -2.42. The lowest BCUT2D eigenvalue weighted by molar-refractivity contribution is 0.0979. The van der Waals surface area contributed by atoms with Crippen LogP contribution in [0.5, 0.6) is 0 Å². The molecule has 10 heteroatoms. The van der Waals surface area contributed by atoms with E-state index >= 15 is 0 Å². The molecule has 2 fully saturated rings. The van der Waals surface area contributed by atoms with Crippen molar-refractivity contribution in [2.75, 3.05) is 44.3 Å². The van der Waals surface area contributed by atoms with E-state index in [1.54, 1.807) is 0 Å². The number of aryl methyl sites for hydroxylation is 2. The maximum absolute atomic E-state index is 5.67. The molecule has 39 heavy (non-hydrogen) atoms. The molecular formula is C29H32N8OS. The van der Waals surface area contributed by atoms with Crippen molar-refractivity contribution >= 4 is 38.3 Å². The molecule has 2 saturated heterocycles. The Kier molecular flexibility index (Phi) is 5.67. The molecule has 1 N–H and O–H groups in total. The van der Waals surface area contributed by atoms with Crippen LogP contribution in [0, 0.1) is 12.8 Å². The molecule has 0 spiro atoms. The Labute approximate surface area is 230 Å². The number of H-pyrrole nitrogens is 1. The second-order valence-electron chi connectivity index (χ2n) is 11.1. The molecule has 1 aromatic carbocycles. The van der Waals surface area contributed by atoms with Crippen molar-refractivity contribution in [2.45, 2.75) is 38.8 Å². The predicted molar refractivity (Wildman–Crippen MR) is 153 cm³/mol. The van der Waals surface area contributed by atoms with Gasteiger partial charge in [-0.1, -0.05) is 12.1 Å². The van der Waals surface area contributed by atoms with Crippen LogP contribution in [0.4, 0.5) is 5.82 Å². The number of morpholine rings is 1. The molecule has 7 heterocycles. The SMILES string of the molecule is Cc1nnc2n1[C@H]1CCN(Cc3cc4nc(-c5cccc6[nH]ccc56)nc(N5CCOCC5)c4s3)C[C@@H]1CC2. The molecule has 5 aromatic rings. The Morgan fingerprint density at radius 1 is 1.08 bits per heavy atom. The molecule has 8 rings (SSSR count). The van der Waals surface area contributed by atoms with E-state index < -0.39 is 0 Å². The molecule has 200 valence electrons. The van der Waals surface area contributed by atoms with E-state index in [-0.39, 0.29) is 0 Å². The summed E-state index contributed by atoms with van der Waals surface area (Å²) in [7, 11) is 0. The lowest BCUT2D eigenvalue weighted by atomic mass is 9.85. The first kappa shape index (κ1) is 23.5. The van der Waals surface area contributed by atoms with E-state index in [0.717, 1.165) is 98.2 Å². The number of likely N-dealkylation sites (tertiary alicyclic amines) is 1. The second-order valence-corrected chi connectivity index (χ2v) is 12.2. The van der Waals surface area contributed by atoms with E-state index in [2.05, 4.69) is 66.8 Å². The Morgan fingerprint density at radius 3 is 2.92 bits per heavy atom. The van der Waals surface area contributed by atoms with Crippen LogP contribution in [0.15, 0.2) is 36.5 Å². The zero-order chi connectivity index (χ0) is 25.9. The summed E-state index contributed by atoms with van der Waals surface area (Å²) >= 11 is 1.86. The van der Waals surface area contributed by atoms with Crippen molar-refractivity contribution in [2.24, 2.45) is 5.92 Å². The number of nitrogens with one attached hydrogen (secondary N) is 1. The number of hydrogen-bond acceptors (Lipinski definition) is 8. The van der Waals surface area contributed by atoms with Crippen LogP contribution in [-0.2, 0) is 17.7 Å². The molecule has 3 aliphatic rings. The van der Waals surface area contributed by atoms with Gasteiger partial charge in [-0.2, -0.15) is 0 Å². The molecule has 2 atom stereocenters. The lowest BCUT2D eigenvalue weighted by Crippen LogP contribution is -2.43. The monoisotopic (exact) mass is 540 g/mol. The van der Waals surface area contributed by atoms with Crippen LogP contribution in [-0.4, -0.2) is 74.0 Å². The number of benzene rings is 1. The van der Waals surface area contributed by atoms with Gasteiger partial charge in [0.05, 0.1) is 23.4 Å². The van der Waals surface area contributed by atoms with Gasteiger partial charge in [0.25, 0.3) is 0 Å². The maximum Gasteiger partial charge on any atom is 0.162 e. The molecule has 0 unspecified atom stereocenters. The fraction of sp³-hybridized carbons (Fsp3) is 0.448. The Hall–Kier alpha value is -3.34. The minimum absolute atomic E-state index is 0.542. The molecule has 0 amide bonds. The summed E-state index contributed by atoms with van der Waals surface area (Å²) in [6, 6.07) is 11.3. The largest absolute Gasteiger partial charge is 0.378 e. The Balaban J connectivity index is 1.12. The van der Waals surface area contributed by atoms with Gasteiger partial charge in [0, 0.05) is 72.7 Å². The third-order valence-electron chi connectivity index (χ3n) is 8.72. The van der Waals surface area contributed by atoms with Crippen LogP contribution in [0.1, 0.15) is 35.4 Å². The quantitative estimate of drug-likeness (QED) is 0.357. The number of hydrogen-bond donors (Lipinski definition) is 1. The Morgan fingerprint density at radius 2 is 2.00 bits per heavy atom. The van der Waals surface area contributed by atoms with Gasteiger partial charge in [-0.15, -0.1) is 21.5 Å². The molecule has 3 aliphatic heterocycles. The van der Waals surface area contributed by atoms with Crippen molar-refractivity contribution in [1.82, 2.24) is 34.6 Å². The van der Waals surface area contributed by atoms with E-state index in [1.807, 2.05) is 17.5 Å². The van der Waals surface area contributed by atoms with Gasteiger partial charge < -0.3 is 19.2 Å². The number of anilines is 1. The number of aromatic nitrogens is 6. The standard InChI is InChI=1S/C29H32N8OS/c1-18-33-34-26-6-5-19-16-35(10-8-25(19)37(18)26)17-20-15-24-27(39-20)29(36-11-13-38-14-12-36)32-28(31-24)22-3-2-4-23-21(22)7-9-30-23/h2-4,7,9,15,19,25,30H,5-6,8,10-14,16-17H2,1H3/t19-,25-/m0/s1. The van der Waals surface area contributed by atoms with E-state index in [0.29, 0.717) is 12.0 Å². The number of fused-ring (bicyclic) bond motifs is 5. The van der Waals surface area contributed by atoms with Crippen molar-refractivity contribution in [3.05, 3.63) is 53.1 Å². The molecule has 0 aliphatic carbocycles. The molecule has 0 bridgehead atoms. The summed E-state index contributed by atoms with van der Waals surface area (Å²) in [5.41, 5.74) is 3.22. The summed E-state index contributed by atoms with van der Waals surface area (Å²) in [4.78, 5) is 20.0. The third-order valence-corrected chi connectivity index (χ3v) is 9.82. The van der Waals surface area contributed by atoms with Crippen LogP contribution >= 0.6 is 11.3 Å². The molecule has 9 nitrogen and oxygen atoms in total.